The monoisotopic (exact) mass is 355 g/mol. The summed E-state index contributed by atoms with van der Waals surface area (Å²) >= 11 is 6.05. The summed E-state index contributed by atoms with van der Waals surface area (Å²) in [7, 11) is 0. The highest BCUT2D eigenvalue weighted by molar-refractivity contribution is 6.32. The number of ether oxygens (including phenoxy) is 3. The van der Waals surface area contributed by atoms with Crippen LogP contribution in [0.3, 0.4) is 0 Å². The molecule has 1 aliphatic rings. The predicted octanol–water partition coefficient (Wildman–Crippen LogP) is 3.33. The van der Waals surface area contributed by atoms with Crippen LogP contribution >= 0.6 is 11.6 Å². The van der Waals surface area contributed by atoms with E-state index in [9.17, 15) is 9.18 Å². The number of esters is 1. The average Bonchev–Trinajstić information content (AvgIpc) is 2.56. The lowest BCUT2D eigenvalue weighted by atomic mass is 10.1. The minimum Gasteiger partial charge on any atom is -0.464 e. The van der Waals surface area contributed by atoms with E-state index in [-0.39, 0.29) is 24.1 Å². The summed E-state index contributed by atoms with van der Waals surface area (Å²) in [6.45, 7) is 3.61. The maximum absolute atomic E-state index is 13.7. The van der Waals surface area contributed by atoms with Crippen LogP contribution in [0, 0.1) is 5.82 Å². The predicted molar refractivity (Wildman–Crippen MR) is 88.1 cm³/mol. The molecule has 0 aromatic heterocycles. The van der Waals surface area contributed by atoms with Gasteiger partial charge in [-0.2, -0.15) is 0 Å². The highest BCUT2D eigenvalue weighted by atomic mass is 35.5. The Balaban J connectivity index is 2.10. The van der Waals surface area contributed by atoms with Crippen LogP contribution in [0.2, 0.25) is 5.02 Å². The third-order valence-electron chi connectivity index (χ3n) is 3.25. The van der Waals surface area contributed by atoms with Crippen LogP contribution in [-0.2, 0) is 20.7 Å². The molecule has 0 aliphatic carbocycles. The standard InChI is InChI=1S/C17H19ClFNO4/c1-3-11-8-15(12(18)9-13(11)19)24-14-6-5-7-20-17(14)23-10-16(21)22-4-2/h5-9,17,20H,3-4,10H2,1-2H3. The van der Waals surface area contributed by atoms with Gasteiger partial charge in [-0.05, 0) is 49.4 Å². The molecule has 1 aromatic carbocycles. The van der Waals surface area contributed by atoms with Crippen molar-refractivity contribution in [1.82, 2.24) is 5.32 Å². The average molecular weight is 356 g/mol. The molecular formula is C17H19ClFNO4. The molecule has 1 unspecified atom stereocenters. The third kappa shape index (κ3) is 4.72. The van der Waals surface area contributed by atoms with Crippen molar-refractivity contribution >= 4 is 17.6 Å². The molecule has 7 heteroatoms. The van der Waals surface area contributed by atoms with Crippen LogP contribution in [0.5, 0.6) is 5.75 Å². The van der Waals surface area contributed by atoms with Gasteiger partial charge in [-0.15, -0.1) is 0 Å². The Labute approximate surface area is 145 Å². The van der Waals surface area contributed by atoms with Crippen molar-refractivity contribution < 1.29 is 23.4 Å². The molecule has 1 N–H and O–H groups in total. The lowest BCUT2D eigenvalue weighted by Crippen LogP contribution is -2.35. The van der Waals surface area contributed by atoms with Gasteiger partial charge in [0.1, 0.15) is 18.2 Å². The fourth-order valence-corrected chi connectivity index (χ4v) is 2.26. The van der Waals surface area contributed by atoms with Gasteiger partial charge in [0.15, 0.2) is 12.0 Å². The lowest BCUT2D eigenvalue weighted by Gasteiger charge is -2.23. The van der Waals surface area contributed by atoms with Crippen LogP contribution in [0.1, 0.15) is 19.4 Å². The van der Waals surface area contributed by atoms with Crippen LogP contribution in [0.4, 0.5) is 4.39 Å². The van der Waals surface area contributed by atoms with Crippen molar-refractivity contribution in [2.75, 3.05) is 13.2 Å². The minimum absolute atomic E-state index is 0.157. The number of carbonyl (C=O) groups excluding carboxylic acids is 1. The maximum Gasteiger partial charge on any atom is 0.332 e. The van der Waals surface area contributed by atoms with E-state index in [2.05, 4.69) is 5.32 Å². The number of benzene rings is 1. The van der Waals surface area contributed by atoms with Crippen LogP contribution in [0.25, 0.3) is 0 Å². The SMILES string of the molecule is CCOC(=O)COC1NC=CC=C1Oc1cc(CC)c(F)cc1Cl. The molecule has 0 amide bonds. The van der Waals surface area contributed by atoms with E-state index >= 15 is 0 Å². The molecule has 0 radical (unpaired) electrons. The summed E-state index contributed by atoms with van der Waals surface area (Å²) in [6, 6.07) is 2.77. The Bertz CT molecular complexity index is 660. The molecule has 130 valence electrons. The zero-order valence-electron chi connectivity index (χ0n) is 13.5. The third-order valence-corrected chi connectivity index (χ3v) is 3.54. The summed E-state index contributed by atoms with van der Waals surface area (Å²) in [6.07, 6.45) is 4.90. The number of dihydropyridines is 1. The van der Waals surface area contributed by atoms with Gasteiger partial charge in [0.2, 0.25) is 0 Å². The van der Waals surface area contributed by atoms with Gasteiger partial charge in [0.25, 0.3) is 0 Å². The van der Waals surface area contributed by atoms with Crippen molar-refractivity contribution in [2.24, 2.45) is 0 Å². The zero-order chi connectivity index (χ0) is 17.5. The molecule has 0 saturated heterocycles. The first-order valence-corrected chi connectivity index (χ1v) is 7.98. The normalized spacial score (nSPS) is 16.3. The van der Waals surface area contributed by atoms with Gasteiger partial charge in [-0.1, -0.05) is 18.5 Å². The summed E-state index contributed by atoms with van der Waals surface area (Å²) in [4.78, 5) is 11.4. The molecular weight excluding hydrogens is 337 g/mol. The lowest BCUT2D eigenvalue weighted by molar-refractivity contribution is -0.150. The summed E-state index contributed by atoms with van der Waals surface area (Å²) in [5.74, 6) is -0.123. The van der Waals surface area contributed by atoms with Gasteiger partial charge in [-0.3, -0.25) is 0 Å². The van der Waals surface area contributed by atoms with Crippen molar-refractivity contribution in [2.45, 2.75) is 26.5 Å². The van der Waals surface area contributed by atoms with Gasteiger partial charge in [0, 0.05) is 0 Å². The largest absolute Gasteiger partial charge is 0.464 e. The highest BCUT2D eigenvalue weighted by Gasteiger charge is 2.21. The van der Waals surface area contributed by atoms with Crippen molar-refractivity contribution in [3.8, 4) is 5.75 Å². The van der Waals surface area contributed by atoms with Crippen LogP contribution in [0.15, 0.2) is 36.2 Å². The molecule has 1 heterocycles. The van der Waals surface area contributed by atoms with Gasteiger partial charge < -0.3 is 19.5 Å². The Morgan fingerprint density at radius 1 is 1.38 bits per heavy atom. The Hall–Kier alpha value is -2.05. The fourth-order valence-electron chi connectivity index (χ4n) is 2.07. The molecule has 0 saturated carbocycles. The summed E-state index contributed by atoms with van der Waals surface area (Å²) in [5.41, 5.74) is 0.498. The van der Waals surface area contributed by atoms with Gasteiger partial charge in [-0.25, -0.2) is 9.18 Å². The molecule has 5 nitrogen and oxygen atoms in total. The molecule has 2 rings (SSSR count). The first-order chi connectivity index (χ1) is 11.5. The molecule has 0 bridgehead atoms. The van der Waals surface area contributed by atoms with Crippen molar-refractivity contribution in [1.29, 1.82) is 0 Å². The Morgan fingerprint density at radius 3 is 2.88 bits per heavy atom. The maximum atomic E-state index is 13.7. The van der Waals surface area contributed by atoms with E-state index in [0.29, 0.717) is 23.5 Å². The van der Waals surface area contributed by atoms with Crippen LogP contribution < -0.4 is 10.1 Å². The number of hydrogen-bond acceptors (Lipinski definition) is 5. The second-order valence-electron chi connectivity index (χ2n) is 4.92. The number of hydrogen-bond donors (Lipinski definition) is 1. The van der Waals surface area contributed by atoms with E-state index in [1.807, 2.05) is 6.92 Å². The Kier molecular flexibility index (Phi) is 6.63. The second-order valence-corrected chi connectivity index (χ2v) is 5.33. The fraction of sp³-hybridized carbons (Fsp3) is 0.353. The van der Waals surface area contributed by atoms with Crippen LogP contribution in [-0.4, -0.2) is 25.4 Å². The molecule has 24 heavy (non-hydrogen) atoms. The quantitative estimate of drug-likeness (QED) is 0.760. The summed E-state index contributed by atoms with van der Waals surface area (Å²) < 4.78 is 29.7. The van der Waals surface area contributed by atoms with Gasteiger partial charge >= 0.3 is 5.97 Å². The van der Waals surface area contributed by atoms with Crippen molar-refractivity contribution in [3.63, 3.8) is 0 Å². The second kappa shape index (κ2) is 8.70. The molecule has 1 atom stereocenters. The molecule has 0 fully saturated rings. The number of aryl methyl sites for hydroxylation is 1. The molecule has 1 aliphatic heterocycles. The number of rotatable bonds is 7. The topological polar surface area (TPSA) is 56.8 Å². The van der Waals surface area contributed by atoms with E-state index < -0.39 is 12.2 Å². The zero-order valence-corrected chi connectivity index (χ0v) is 14.2. The highest BCUT2D eigenvalue weighted by Crippen LogP contribution is 2.30. The number of allylic oxidation sites excluding steroid dienone is 2. The molecule has 1 aromatic rings. The van der Waals surface area contributed by atoms with E-state index in [4.69, 9.17) is 25.8 Å². The Morgan fingerprint density at radius 2 is 2.17 bits per heavy atom. The summed E-state index contributed by atoms with van der Waals surface area (Å²) in [5, 5.41) is 3.08. The number of halogens is 2. The van der Waals surface area contributed by atoms with E-state index in [0.717, 1.165) is 0 Å². The van der Waals surface area contributed by atoms with E-state index in [1.54, 1.807) is 31.3 Å². The van der Waals surface area contributed by atoms with Gasteiger partial charge in [0.05, 0.1) is 11.6 Å². The van der Waals surface area contributed by atoms with E-state index in [1.165, 1.54) is 6.07 Å². The smallest absolute Gasteiger partial charge is 0.332 e. The van der Waals surface area contributed by atoms with Crippen molar-refractivity contribution in [3.05, 3.63) is 52.6 Å². The first kappa shape index (κ1) is 18.3. The minimum atomic E-state index is -0.675. The first-order valence-electron chi connectivity index (χ1n) is 7.60. The number of nitrogens with one attached hydrogen (secondary N) is 1. The number of carbonyl (C=O) groups is 1. The molecule has 0 spiro atoms.